The lowest BCUT2D eigenvalue weighted by Crippen LogP contribution is -2.71. The van der Waals surface area contributed by atoms with Crippen molar-refractivity contribution in [3.8, 4) is 0 Å². The predicted octanol–water partition coefficient (Wildman–Crippen LogP) is 1.00. The lowest BCUT2D eigenvalue weighted by Gasteiger charge is -2.49. The number of carboxylic acids is 2. The molecule has 0 saturated carbocycles. The Labute approximate surface area is 243 Å². The van der Waals surface area contributed by atoms with Gasteiger partial charge in [0.15, 0.2) is 23.2 Å². The van der Waals surface area contributed by atoms with Crippen LogP contribution in [0, 0.1) is 0 Å². The Hall–Kier alpha value is -3.77. The van der Waals surface area contributed by atoms with Crippen LogP contribution >= 0.6 is 34.9 Å². The number of aromatic nitrogens is 2. The highest BCUT2D eigenvalue weighted by Gasteiger charge is 2.54. The number of anilines is 1. The molecule has 0 aliphatic carbocycles. The van der Waals surface area contributed by atoms with E-state index in [1.54, 1.807) is 12.1 Å². The summed E-state index contributed by atoms with van der Waals surface area (Å²) in [6.07, 6.45) is -0.860. The van der Waals surface area contributed by atoms with Gasteiger partial charge in [0.1, 0.15) is 22.8 Å². The van der Waals surface area contributed by atoms with E-state index in [4.69, 9.17) is 15.7 Å². The second-order valence-electron chi connectivity index (χ2n) is 8.63. The summed E-state index contributed by atoms with van der Waals surface area (Å²) in [5, 5.41) is 25.9. The first-order valence-electron chi connectivity index (χ1n) is 11.7. The molecule has 18 heteroatoms. The van der Waals surface area contributed by atoms with E-state index in [0.717, 1.165) is 21.1 Å². The second-order valence-corrected chi connectivity index (χ2v) is 11.7. The number of halogens is 2. The van der Waals surface area contributed by atoms with E-state index in [-0.39, 0.29) is 28.0 Å². The molecule has 0 bridgehead atoms. The summed E-state index contributed by atoms with van der Waals surface area (Å²) in [6.45, 7) is 0.769. The molecule has 4 heterocycles. The maximum absolute atomic E-state index is 13.1. The minimum absolute atomic E-state index is 0.00795. The smallest absolute Gasteiger partial charge is 0.352 e. The van der Waals surface area contributed by atoms with Gasteiger partial charge in [-0.1, -0.05) is 5.16 Å². The number of carbonyl (C=O) groups is 4. The Kier molecular flexibility index (Phi) is 9.44. The van der Waals surface area contributed by atoms with Crippen molar-refractivity contribution in [2.75, 3.05) is 17.2 Å². The fraction of sp³-hybridized carbons (Fsp3) is 0.348. The third-order valence-corrected chi connectivity index (χ3v) is 8.90. The van der Waals surface area contributed by atoms with Crippen molar-refractivity contribution in [2.24, 2.45) is 5.16 Å². The Balaban J connectivity index is 1.46. The van der Waals surface area contributed by atoms with Gasteiger partial charge < -0.3 is 26.1 Å². The quantitative estimate of drug-likeness (QED) is 0.0862. The average molecular weight is 630 g/mol. The Bertz CT molecular complexity index is 1420. The molecule has 0 unspecified atom stereocenters. The highest BCUT2D eigenvalue weighted by Crippen LogP contribution is 2.41. The lowest BCUT2D eigenvalue weighted by atomic mass is 10.0. The predicted molar refractivity (Wildman–Crippen MR) is 144 cm³/mol. The van der Waals surface area contributed by atoms with Gasteiger partial charge in [0, 0.05) is 33.9 Å². The number of nitrogen functional groups attached to an aromatic ring is 1. The van der Waals surface area contributed by atoms with Crippen molar-refractivity contribution in [3.05, 3.63) is 46.9 Å². The number of nitrogens with one attached hydrogen (secondary N) is 1. The fourth-order valence-corrected chi connectivity index (χ4v) is 6.69. The molecule has 1 saturated heterocycles. The molecular formula is C23H23F2N6O7S3+. The summed E-state index contributed by atoms with van der Waals surface area (Å²) in [5.41, 5.74) is 5.56. The number of pyridine rings is 1. The summed E-state index contributed by atoms with van der Waals surface area (Å²) in [5.74, 6) is -3.66. The molecule has 13 nitrogen and oxygen atoms in total. The van der Waals surface area contributed by atoms with Gasteiger partial charge in [0.05, 0.1) is 0 Å². The molecule has 2 aliphatic rings. The number of thiazole rings is 1. The van der Waals surface area contributed by atoms with Gasteiger partial charge in [-0.3, -0.25) is 14.5 Å². The zero-order chi connectivity index (χ0) is 29.8. The highest BCUT2D eigenvalue weighted by atomic mass is 32.2. The first-order valence-corrected chi connectivity index (χ1v) is 14.7. The van der Waals surface area contributed by atoms with E-state index in [1.165, 1.54) is 52.8 Å². The van der Waals surface area contributed by atoms with Crippen LogP contribution in [0.2, 0.25) is 0 Å². The third kappa shape index (κ3) is 6.94. The lowest BCUT2D eigenvalue weighted by molar-refractivity contribution is -0.705. The van der Waals surface area contributed by atoms with E-state index < -0.39 is 60.0 Å². The van der Waals surface area contributed by atoms with Crippen molar-refractivity contribution in [3.63, 3.8) is 0 Å². The maximum atomic E-state index is 13.1. The zero-order valence-electron chi connectivity index (χ0n) is 21.1. The van der Waals surface area contributed by atoms with E-state index in [2.05, 4.69) is 15.5 Å². The van der Waals surface area contributed by atoms with Crippen LogP contribution in [-0.4, -0.2) is 85.0 Å². The van der Waals surface area contributed by atoms with Crippen molar-refractivity contribution in [1.29, 1.82) is 0 Å². The molecule has 41 heavy (non-hydrogen) atoms. The number of amides is 2. The second kappa shape index (κ2) is 12.8. The molecule has 2 aliphatic heterocycles. The minimum atomic E-state index is -2.49. The molecule has 2 aromatic rings. The minimum Gasteiger partial charge on any atom is -0.478 e. The van der Waals surface area contributed by atoms with Crippen LogP contribution in [-0.2, 0) is 30.6 Å². The number of hydrogen-bond donors (Lipinski definition) is 4. The van der Waals surface area contributed by atoms with E-state index >= 15 is 0 Å². The van der Waals surface area contributed by atoms with Gasteiger partial charge in [-0.25, -0.2) is 23.4 Å². The topological polar surface area (TPSA) is 188 Å². The summed E-state index contributed by atoms with van der Waals surface area (Å²) >= 11 is 3.57. The average Bonchev–Trinajstić information content (AvgIpc) is 3.35. The number of alkyl halides is 2. The molecule has 218 valence electrons. The Morgan fingerprint density at radius 3 is 2.63 bits per heavy atom. The van der Waals surface area contributed by atoms with E-state index in [9.17, 15) is 33.1 Å². The number of thioether (sulfide) groups is 2. The fourth-order valence-electron chi connectivity index (χ4n) is 3.77. The van der Waals surface area contributed by atoms with Gasteiger partial charge in [-0.2, -0.15) is 4.57 Å². The summed E-state index contributed by atoms with van der Waals surface area (Å²) in [7, 11) is 0. The maximum Gasteiger partial charge on any atom is 0.352 e. The molecule has 4 rings (SSSR count). The van der Waals surface area contributed by atoms with Crippen LogP contribution in [0.1, 0.15) is 12.6 Å². The molecule has 5 N–H and O–H groups in total. The largest absolute Gasteiger partial charge is 0.478 e. The monoisotopic (exact) mass is 629 g/mol. The number of carbonyl (C=O) groups excluding carboxylic acids is 2. The first-order chi connectivity index (χ1) is 19.5. The van der Waals surface area contributed by atoms with Crippen LogP contribution in [0.15, 0.2) is 51.2 Å². The van der Waals surface area contributed by atoms with Crippen molar-refractivity contribution >= 4 is 69.5 Å². The molecule has 3 atom stereocenters. The van der Waals surface area contributed by atoms with Crippen molar-refractivity contribution in [1.82, 2.24) is 15.2 Å². The molecule has 2 amide bonds. The van der Waals surface area contributed by atoms with Crippen molar-refractivity contribution in [2.45, 2.75) is 42.3 Å². The van der Waals surface area contributed by atoms with Crippen molar-refractivity contribution < 1.29 is 47.6 Å². The summed E-state index contributed by atoms with van der Waals surface area (Å²) in [6, 6.07) is 2.19. The number of rotatable bonds is 12. The molecule has 0 radical (unpaired) electrons. The molecular weight excluding hydrogens is 606 g/mol. The number of fused-ring (bicyclic) bond motifs is 1. The van der Waals surface area contributed by atoms with Crippen LogP contribution < -0.4 is 15.6 Å². The van der Waals surface area contributed by atoms with Crippen LogP contribution in [0.4, 0.5) is 13.9 Å². The Morgan fingerprint density at radius 1 is 1.34 bits per heavy atom. The normalized spacial score (nSPS) is 19.5. The standard InChI is InChI=1S/C23H22F2N6O7S3/c1-10(21(34)35)38-29-15(13-9-41-23(26)27-13)18(32)28-16-19(33)31-17(22(36)37)11(8-40-20(16)31)7-39-12-2-4-30(5-3-12)6-14(24)25/h2-5,9-10,14,16,20H,6-8H2,1H3,(H4-,26,27,28,32,34,35,36,37)/p+1/b29-15-/t10-,16+,20+/m0/s1. The molecule has 2 aromatic heterocycles. The summed E-state index contributed by atoms with van der Waals surface area (Å²) in [4.78, 5) is 60.1. The van der Waals surface area contributed by atoms with Crippen LogP contribution in [0.25, 0.3) is 0 Å². The number of hydrogen-bond acceptors (Lipinski definition) is 11. The number of nitrogens with two attached hydrogens (primary N) is 1. The number of β-lactam (4-membered cyclic amide) rings is 1. The number of nitrogens with zero attached hydrogens (tertiary/aromatic N) is 4. The summed E-state index contributed by atoms with van der Waals surface area (Å²) < 4.78 is 26.5. The van der Waals surface area contributed by atoms with Crippen LogP contribution in [0.5, 0.6) is 0 Å². The van der Waals surface area contributed by atoms with E-state index in [0.29, 0.717) is 5.57 Å². The molecule has 0 spiro atoms. The van der Waals surface area contributed by atoms with Gasteiger partial charge in [0.25, 0.3) is 18.2 Å². The third-order valence-electron chi connectivity index (χ3n) is 5.79. The van der Waals surface area contributed by atoms with Gasteiger partial charge in [-0.15, -0.1) is 34.9 Å². The molecule has 0 aromatic carbocycles. The SMILES string of the molecule is C[C@H](O/N=C(\C(=O)N[C@@H]1C(=O)N2C(C(=O)O)=C(CSc3cc[n+](CC(F)F)cc3)CS[C@H]12)c1csc(N)n1)C(=O)O. The van der Waals surface area contributed by atoms with Gasteiger partial charge in [0.2, 0.25) is 12.6 Å². The molecule has 1 fully saturated rings. The first kappa shape index (κ1) is 30.2. The Morgan fingerprint density at radius 2 is 2.05 bits per heavy atom. The number of aliphatic carboxylic acids is 2. The highest BCUT2D eigenvalue weighted by molar-refractivity contribution is 8.01. The van der Waals surface area contributed by atoms with Gasteiger partial charge >= 0.3 is 11.9 Å². The van der Waals surface area contributed by atoms with E-state index in [1.807, 2.05) is 0 Å². The van der Waals surface area contributed by atoms with Crippen LogP contribution in [0.3, 0.4) is 0 Å². The number of carboxylic acid groups (broad SMARTS) is 2. The zero-order valence-corrected chi connectivity index (χ0v) is 23.5. The number of oxime groups is 1. The van der Waals surface area contributed by atoms with Gasteiger partial charge in [-0.05, 0) is 12.5 Å².